The summed E-state index contributed by atoms with van der Waals surface area (Å²) in [6.07, 6.45) is 21.6. The van der Waals surface area contributed by atoms with Crippen LogP contribution in [0.25, 0.3) is 10.9 Å². The highest BCUT2D eigenvalue weighted by Crippen LogP contribution is 2.24. The zero-order valence-electron chi connectivity index (χ0n) is 23.4. The number of benzene rings is 2. The molecule has 0 aliphatic rings. The van der Waals surface area contributed by atoms with E-state index >= 15 is 0 Å². The summed E-state index contributed by atoms with van der Waals surface area (Å²) in [4.78, 5) is 4.58. The smallest absolute Gasteiger partial charge is 0.223 e. The Morgan fingerprint density at radius 2 is 1.13 bits per heavy atom. The average Bonchev–Trinajstić information content (AvgIpc) is 2.94. The van der Waals surface area contributed by atoms with Crippen LogP contribution in [0.15, 0.2) is 70.6 Å². The Morgan fingerprint density at radius 1 is 0.605 bits per heavy atom. The molecule has 0 bridgehead atoms. The van der Waals surface area contributed by atoms with Gasteiger partial charge in [-0.15, -0.1) is 0 Å². The fraction of sp³-hybridized carbons (Fsp3) is 0.545. The standard InChI is InChI=1S/C33H47NO3S/c1-2-3-4-5-6-7-8-9-10-11-12-13-14-15-16-19-28-37-30-23-25-31(26-24-30)38(35,36)33-27-22-29-20-17-18-21-32(29)34-33/h17-18,20-27H,2-16,19,28H2,1H3. The minimum absolute atomic E-state index is 0.0676. The number of unbranched alkanes of at least 4 members (excludes halogenated alkanes) is 15. The summed E-state index contributed by atoms with van der Waals surface area (Å²) >= 11 is 0. The van der Waals surface area contributed by atoms with E-state index in [2.05, 4.69) is 11.9 Å². The molecular formula is C33H47NO3S. The monoisotopic (exact) mass is 537 g/mol. The first-order valence-corrected chi connectivity index (χ1v) is 16.4. The third-order valence-corrected chi connectivity index (χ3v) is 8.92. The second kappa shape index (κ2) is 17.2. The number of hydrogen-bond donors (Lipinski definition) is 0. The predicted octanol–water partition coefficient (Wildman–Crippen LogP) is 9.71. The molecule has 0 amide bonds. The Hall–Kier alpha value is -2.40. The van der Waals surface area contributed by atoms with Crippen molar-refractivity contribution in [3.8, 4) is 5.75 Å². The van der Waals surface area contributed by atoms with E-state index in [0.717, 1.165) is 11.8 Å². The highest BCUT2D eigenvalue weighted by Gasteiger charge is 2.19. The van der Waals surface area contributed by atoms with Crippen LogP contribution in [0.1, 0.15) is 110 Å². The Bertz CT molecular complexity index is 1160. The molecule has 4 nitrogen and oxygen atoms in total. The topological polar surface area (TPSA) is 56.3 Å². The molecule has 208 valence electrons. The van der Waals surface area contributed by atoms with Crippen LogP contribution in [0, 0.1) is 0 Å². The number of aromatic nitrogens is 1. The molecule has 0 spiro atoms. The van der Waals surface area contributed by atoms with E-state index in [-0.39, 0.29) is 9.92 Å². The van der Waals surface area contributed by atoms with E-state index in [9.17, 15) is 8.42 Å². The van der Waals surface area contributed by atoms with Crippen molar-refractivity contribution in [2.45, 2.75) is 120 Å². The van der Waals surface area contributed by atoms with Crippen molar-refractivity contribution in [1.82, 2.24) is 4.98 Å². The predicted molar refractivity (Wildman–Crippen MR) is 159 cm³/mol. The number of fused-ring (bicyclic) bond motifs is 1. The lowest BCUT2D eigenvalue weighted by Gasteiger charge is -2.08. The summed E-state index contributed by atoms with van der Waals surface area (Å²) in [6.45, 7) is 2.94. The van der Waals surface area contributed by atoms with Gasteiger partial charge in [0.1, 0.15) is 5.75 Å². The van der Waals surface area contributed by atoms with Gasteiger partial charge in [0.25, 0.3) is 0 Å². The van der Waals surface area contributed by atoms with Crippen LogP contribution in [0.2, 0.25) is 0 Å². The Morgan fingerprint density at radius 3 is 1.71 bits per heavy atom. The highest BCUT2D eigenvalue weighted by atomic mass is 32.2. The Kier molecular flexibility index (Phi) is 13.7. The lowest BCUT2D eigenvalue weighted by atomic mass is 10.0. The first-order valence-electron chi connectivity index (χ1n) is 14.9. The molecule has 38 heavy (non-hydrogen) atoms. The quantitative estimate of drug-likeness (QED) is 0.135. The maximum absolute atomic E-state index is 13.0. The maximum atomic E-state index is 13.0. The minimum atomic E-state index is -3.67. The van der Waals surface area contributed by atoms with E-state index in [1.54, 1.807) is 36.4 Å². The van der Waals surface area contributed by atoms with Crippen LogP contribution in [0.5, 0.6) is 5.75 Å². The summed E-state index contributed by atoms with van der Waals surface area (Å²) < 4.78 is 31.9. The third kappa shape index (κ3) is 10.4. The van der Waals surface area contributed by atoms with Crippen LogP contribution < -0.4 is 4.74 Å². The van der Waals surface area contributed by atoms with Gasteiger partial charge in [0, 0.05) is 5.39 Å². The van der Waals surface area contributed by atoms with Crippen molar-refractivity contribution in [3.05, 3.63) is 60.7 Å². The van der Waals surface area contributed by atoms with Gasteiger partial charge in [-0.2, -0.15) is 0 Å². The molecule has 3 aromatic rings. The van der Waals surface area contributed by atoms with Crippen molar-refractivity contribution in [2.75, 3.05) is 6.61 Å². The molecule has 5 heteroatoms. The van der Waals surface area contributed by atoms with Gasteiger partial charge >= 0.3 is 0 Å². The number of ether oxygens (including phenoxy) is 1. The molecule has 0 N–H and O–H groups in total. The lowest BCUT2D eigenvalue weighted by molar-refractivity contribution is 0.304. The summed E-state index contributed by atoms with van der Waals surface area (Å²) in [7, 11) is -3.67. The molecule has 0 fully saturated rings. The summed E-state index contributed by atoms with van der Waals surface area (Å²) in [6, 6.07) is 17.6. The first kappa shape index (κ1) is 30.1. The fourth-order valence-corrected chi connectivity index (χ4v) is 6.07. The molecule has 0 atom stereocenters. The summed E-state index contributed by atoms with van der Waals surface area (Å²) in [5.41, 5.74) is 0.673. The average molecular weight is 538 g/mol. The van der Waals surface area contributed by atoms with Gasteiger partial charge in [-0.05, 0) is 48.9 Å². The van der Waals surface area contributed by atoms with Gasteiger partial charge < -0.3 is 4.74 Å². The Labute approximate surface area is 231 Å². The van der Waals surface area contributed by atoms with Gasteiger partial charge in [-0.3, -0.25) is 0 Å². The second-order valence-electron chi connectivity index (χ2n) is 10.5. The molecule has 0 saturated heterocycles. The van der Waals surface area contributed by atoms with Crippen molar-refractivity contribution in [2.24, 2.45) is 0 Å². The third-order valence-electron chi connectivity index (χ3n) is 7.25. The van der Waals surface area contributed by atoms with Crippen LogP contribution in [-0.2, 0) is 9.84 Å². The number of rotatable bonds is 20. The van der Waals surface area contributed by atoms with Crippen molar-refractivity contribution >= 4 is 20.7 Å². The second-order valence-corrected chi connectivity index (χ2v) is 12.4. The zero-order valence-corrected chi connectivity index (χ0v) is 24.2. The van der Waals surface area contributed by atoms with E-state index < -0.39 is 9.84 Å². The number of pyridine rings is 1. The Balaban J connectivity index is 1.22. The fourth-order valence-electron chi connectivity index (χ4n) is 4.87. The van der Waals surface area contributed by atoms with Crippen molar-refractivity contribution in [3.63, 3.8) is 0 Å². The van der Waals surface area contributed by atoms with E-state index in [0.29, 0.717) is 17.9 Å². The van der Waals surface area contributed by atoms with Crippen molar-refractivity contribution in [1.29, 1.82) is 0 Å². The van der Waals surface area contributed by atoms with Crippen LogP contribution in [-0.4, -0.2) is 20.0 Å². The largest absolute Gasteiger partial charge is 0.494 e. The highest BCUT2D eigenvalue weighted by molar-refractivity contribution is 7.91. The molecule has 1 heterocycles. The van der Waals surface area contributed by atoms with Gasteiger partial charge in [-0.1, -0.05) is 121 Å². The number of sulfone groups is 1. The lowest BCUT2D eigenvalue weighted by Crippen LogP contribution is -2.05. The summed E-state index contributed by atoms with van der Waals surface area (Å²) in [5.74, 6) is 0.705. The minimum Gasteiger partial charge on any atom is -0.494 e. The number of nitrogens with zero attached hydrogens (tertiary/aromatic N) is 1. The van der Waals surface area contributed by atoms with Gasteiger partial charge in [0.15, 0.2) is 5.03 Å². The number of hydrogen-bond acceptors (Lipinski definition) is 4. The molecule has 3 rings (SSSR count). The molecule has 0 unspecified atom stereocenters. The van der Waals surface area contributed by atoms with Gasteiger partial charge in [0.2, 0.25) is 9.84 Å². The number of para-hydroxylation sites is 1. The maximum Gasteiger partial charge on any atom is 0.223 e. The van der Waals surface area contributed by atoms with Gasteiger partial charge in [0.05, 0.1) is 17.0 Å². The molecule has 0 aliphatic carbocycles. The molecular weight excluding hydrogens is 490 g/mol. The van der Waals surface area contributed by atoms with Crippen LogP contribution in [0.4, 0.5) is 0 Å². The van der Waals surface area contributed by atoms with Crippen LogP contribution in [0.3, 0.4) is 0 Å². The molecule has 0 radical (unpaired) electrons. The van der Waals surface area contributed by atoms with E-state index in [1.165, 1.54) is 96.3 Å². The van der Waals surface area contributed by atoms with E-state index in [1.807, 2.05) is 24.3 Å². The first-order chi connectivity index (χ1) is 18.6. The summed E-state index contributed by atoms with van der Waals surface area (Å²) in [5, 5.41) is 0.988. The van der Waals surface area contributed by atoms with Crippen LogP contribution >= 0.6 is 0 Å². The molecule has 0 saturated carbocycles. The van der Waals surface area contributed by atoms with Crippen molar-refractivity contribution < 1.29 is 13.2 Å². The molecule has 1 aromatic heterocycles. The zero-order chi connectivity index (χ0) is 26.9. The SMILES string of the molecule is CCCCCCCCCCCCCCCCCCOc1ccc(S(=O)(=O)c2ccc3ccccc3n2)cc1. The molecule has 0 aliphatic heterocycles. The molecule has 2 aromatic carbocycles. The normalized spacial score (nSPS) is 11.7. The van der Waals surface area contributed by atoms with Gasteiger partial charge in [-0.25, -0.2) is 13.4 Å². The van der Waals surface area contributed by atoms with E-state index in [4.69, 9.17) is 4.74 Å².